The molecular formula is C28H29F4N5O2. The third kappa shape index (κ3) is 4.51. The van der Waals surface area contributed by atoms with Crippen LogP contribution in [0.3, 0.4) is 0 Å². The molecule has 1 unspecified atom stereocenters. The SMILES string of the molecule is CC(c1cc2c(c(C(F)(F)F)c1)CN(c1cccc(C3(Cc4nncn4C)COC3)c1)C2=O)N1CC[C@H](F)C1. The van der Waals surface area contributed by atoms with Gasteiger partial charge in [-0.25, -0.2) is 4.39 Å². The number of nitrogens with zero attached hydrogens (tertiary/aromatic N) is 5. The average Bonchev–Trinajstić information content (AvgIpc) is 3.58. The number of hydrogen-bond acceptors (Lipinski definition) is 5. The molecule has 2 atom stereocenters. The Balaban J connectivity index is 1.33. The van der Waals surface area contributed by atoms with E-state index < -0.39 is 29.9 Å². The van der Waals surface area contributed by atoms with E-state index in [0.29, 0.717) is 43.9 Å². The lowest BCUT2D eigenvalue weighted by molar-refractivity contribution is -0.138. The lowest BCUT2D eigenvalue weighted by Gasteiger charge is -2.42. The third-order valence-electron chi connectivity index (χ3n) is 8.39. The fourth-order valence-electron chi connectivity index (χ4n) is 5.93. The molecule has 1 aromatic heterocycles. The Hall–Kier alpha value is -3.31. The number of carbonyl (C=O) groups excluding carboxylic acids is 1. The number of benzene rings is 2. The minimum atomic E-state index is -4.63. The molecule has 1 amide bonds. The van der Waals surface area contributed by atoms with Gasteiger partial charge in [0.05, 0.1) is 25.3 Å². The van der Waals surface area contributed by atoms with Gasteiger partial charge in [0.2, 0.25) is 0 Å². The molecule has 39 heavy (non-hydrogen) atoms. The summed E-state index contributed by atoms with van der Waals surface area (Å²) >= 11 is 0. The van der Waals surface area contributed by atoms with Crippen molar-refractivity contribution in [2.75, 3.05) is 31.2 Å². The molecule has 3 aliphatic heterocycles. The molecule has 0 bridgehead atoms. The van der Waals surface area contributed by atoms with E-state index in [1.54, 1.807) is 25.4 Å². The summed E-state index contributed by atoms with van der Waals surface area (Å²) in [5, 5.41) is 8.15. The van der Waals surface area contributed by atoms with Crippen molar-refractivity contribution in [3.63, 3.8) is 0 Å². The van der Waals surface area contributed by atoms with Crippen LogP contribution in [0.1, 0.15) is 57.8 Å². The smallest absolute Gasteiger partial charge is 0.379 e. The number of aryl methyl sites for hydroxylation is 1. The molecule has 0 N–H and O–H groups in total. The Morgan fingerprint density at radius 1 is 1.21 bits per heavy atom. The highest BCUT2D eigenvalue weighted by molar-refractivity contribution is 6.10. The van der Waals surface area contributed by atoms with E-state index in [1.165, 1.54) is 4.90 Å². The van der Waals surface area contributed by atoms with Crippen LogP contribution in [0, 0.1) is 0 Å². The Kier molecular flexibility index (Phi) is 6.26. The molecule has 0 radical (unpaired) electrons. The van der Waals surface area contributed by atoms with Crippen LogP contribution < -0.4 is 4.90 Å². The molecule has 11 heteroatoms. The van der Waals surface area contributed by atoms with Gasteiger partial charge < -0.3 is 14.2 Å². The molecule has 2 aromatic carbocycles. The minimum absolute atomic E-state index is 0.0283. The zero-order chi connectivity index (χ0) is 27.5. The number of hydrogen-bond donors (Lipinski definition) is 0. The van der Waals surface area contributed by atoms with E-state index in [1.807, 2.05) is 34.7 Å². The zero-order valence-corrected chi connectivity index (χ0v) is 21.7. The number of alkyl halides is 4. The van der Waals surface area contributed by atoms with Crippen molar-refractivity contribution in [1.29, 1.82) is 0 Å². The predicted molar refractivity (Wildman–Crippen MR) is 135 cm³/mol. The number of anilines is 1. The van der Waals surface area contributed by atoms with Gasteiger partial charge in [-0.3, -0.25) is 9.69 Å². The standard InChI is InChI=1S/C28H29F4N5O2/c1-17(36-7-6-20(29)12-36)18-8-22-23(24(9-18)28(30,31)32)13-37(26(22)38)21-5-3-4-19(10-21)27(14-39-15-27)11-25-34-33-16-35(25)2/h3-5,8-10,16-17,20H,6-7,11-15H2,1-2H3/t17?,20-/m0/s1. The first kappa shape index (κ1) is 25.9. The summed E-state index contributed by atoms with van der Waals surface area (Å²) < 4.78 is 63.9. The largest absolute Gasteiger partial charge is 0.416 e. The van der Waals surface area contributed by atoms with Crippen LogP contribution in [0.2, 0.25) is 0 Å². The molecule has 6 rings (SSSR count). The zero-order valence-electron chi connectivity index (χ0n) is 21.7. The Labute approximate surface area is 223 Å². The number of ether oxygens (including phenoxy) is 1. The average molecular weight is 544 g/mol. The summed E-state index contributed by atoms with van der Waals surface area (Å²) in [7, 11) is 1.87. The lowest BCUT2D eigenvalue weighted by atomic mass is 9.75. The summed E-state index contributed by atoms with van der Waals surface area (Å²) in [6.45, 7) is 3.15. The highest BCUT2D eigenvalue weighted by atomic mass is 19.4. The highest BCUT2D eigenvalue weighted by Gasteiger charge is 2.44. The predicted octanol–water partition coefficient (Wildman–Crippen LogP) is 4.61. The van der Waals surface area contributed by atoms with Gasteiger partial charge in [-0.1, -0.05) is 12.1 Å². The second-order valence-corrected chi connectivity index (χ2v) is 10.9. The molecule has 3 aromatic rings. The van der Waals surface area contributed by atoms with E-state index in [2.05, 4.69) is 10.2 Å². The summed E-state index contributed by atoms with van der Waals surface area (Å²) in [4.78, 5) is 16.8. The first-order valence-electron chi connectivity index (χ1n) is 13.0. The summed E-state index contributed by atoms with van der Waals surface area (Å²) in [6, 6.07) is 9.62. The Morgan fingerprint density at radius 2 is 2.00 bits per heavy atom. The third-order valence-corrected chi connectivity index (χ3v) is 8.39. The first-order valence-corrected chi connectivity index (χ1v) is 13.0. The van der Waals surface area contributed by atoms with Crippen LogP contribution in [0.4, 0.5) is 23.2 Å². The molecule has 2 fully saturated rings. The van der Waals surface area contributed by atoms with E-state index >= 15 is 0 Å². The van der Waals surface area contributed by atoms with Crippen LogP contribution in [0.15, 0.2) is 42.7 Å². The van der Waals surface area contributed by atoms with Crippen LogP contribution in [0.25, 0.3) is 0 Å². The van der Waals surface area contributed by atoms with Crippen molar-refractivity contribution >= 4 is 11.6 Å². The topological polar surface area (TPSA) is 63.5 Å². The van der Waals surface area contributed by atoms with Crippen LogP contribution in [0.5, 0.6) is 0 Å². The molecule has 0 spiro atoms. The fourth-order valence-corrected chi connectivity index (χ4v) is 5.93. The van der Waals surface area contributed by atoms with Gasteiger partial charge in [0.15, 0.2) is 0 Å². The van der Waals surface area contributed by atoms with Crippen molar-refractivity contribution in [2.24, 2.45) is 7.05 Å². The molecule has 0 aliphatic carbocycles. The van der Waals surface area contributed by atoms with E-state index in [0.717, 1.165) is 17.5 Å². The van der Waals surface area contributed by atoms with Gasteiger partial charge in [-0.05, 0) is 54.3 Å². The maximum atomic E-state index is 14.2. The first-order chi connectivity index (χ1) is 18.6. The van der Waals surface area contributed by atoms with Gasteiger partial charge in [-0.15, -0.1) is 10.2 Å². The van der Waals surface area contributed by atoms with Crippen LogP contribution in [-0.4, -0.2) is 58.0 Å². The number of halogens is 4. The van der Waals surface area contributed by atoms with Crippen molar-refractivity contribution < 1.29 is 27.1 Å². The number of fused-ring (bicyclic) bond motifs is 1. The molecule has 4 heterocycles. The number of carbonyl (C=O) groups is 1. The highest BCUT2D eigenvalue weighted by Crippen LogP contribution is 2.43. The van der Waals surface area contributed by atoms with E-state index in [-0.39, 0.29) is 29.6 Å². The monoisotopic (exact) mass is 543 g/mol. The van der Waals surface area contributed by atoms with E-state index in [9.17, 15) is 22.4 Å². The molecule has 206 valence electrons. The van der Waals surface area contributed by atoms with Crippen molar-refractivity contribution in [1.82, 2.24) is 19.7 Å². The van der Waals surface area contributed by atoms with Crippen molar-refractivity contribution in [3.05, 3.63) is 76.4 Å². The Bertz CT molecular complexity index is 1420. The van der Waals surface area contributed by atoms with Crippen LogP contribution >= 0.6 is 0 Å². The van der Waals surface area contributed by atoms with E-state index in [4.69, 9.17) is 4.74 Å². The Morgan fingerprint density at radius 3 is 2.62 bits per heavy atom. The van der Waals surface area contributed by atoms with Crippen LogP contribution in [-0.2, 0) is 36.3 Å². The van der Waals surface area contributed by atoms with Gasteiger partial charge in [0, 0.05) is 49.3 Å². The summed E-state index contributed by atoms with van der Waals surface area (Å²) in [6.07, 6.45) is -3.06. The summed E-state index contributed by atoms with van der Waals surface area (Å²) in [5.41, 5.74) is 0.673. The molecule has 2 saturated heterocycles. The molecule has 0 saturated carbocycles. The molecule has 3 aliphatic rings. The number of rotatable bonds is 6. The number of likely N-dealkylation sites (tertiary alicyclic amines) is 1. The fraction of sp³-hybridized carbons (Fsp3) is 0.464. The molecule has 7 nitrogen and oxygen atoms in total. The second kappa shape index (κ2) is 9.41. The lowest BCUT2D eigenvalue weighted by Crippen LogP contribution is -2.49. The van der Waals surface area contributed by atoms with Crippen molar-refractivity contribution in [2.45, 2.75) is 50.1 Å². The summed E-state index contributed by atoms with van der Waals surface area (Å²) in [5.74, 6) is 0.320. The quantitative estimate of drug-likeness (QED) is 0.425. The van der Waals surface area contributed by atoms with Gasteiger partial charge in [-0.2, -0.15) is 13.2 Å². The van der Waals surface area contributed by atoms with Gasteiger partial charge in [0.25, 0.3) is 5.91 Å². The number of aromatic nitrogens is 3. The van der Waals surface area contributed by atoms with Crippen molar-refractivity contribution in [3.8, 4) is 0 Å². The normalized spacial score (nSPS) is 21.7. The second-order valence-electron chi connectivity index (χ2n) is 10.9. The number of amides is 1. The minimum Gasteiger partial charge on any atom is -0.379 e. The maximum Gasteiger partial charge on any atom is 0.416 e. The molecular weight excluding hydrogens is 514 g/mol. The maximum absolute atomic E-state index is 14.2. The van der Waals surface area contributed by atoms with Gasteiger partial charge >= 0.3 is 6.18 Å². The van der Waals surface area contributed by atoms with Gasteiger partial charge in [0.1, 0.15) is 18.3 Å².